The van der Waals surface area contributed by atoms with Gasteiger partial charge in [-0.3, -0.25) is 4.79 Å². The van der Waals surface area contributed by atoms with Crippen molar-refractivity contribution in [3.63, 3.8) is 0 Å². The van der Waals surface area contributed by atoms with Crippen LogP contribution in [0.1, 0.15) is 37.6 Å². The Kier molecular flexibility index (Phi) is 5.28. The third kappa shape index (κ3) is 4.74. The second kappa shape index (κ2) is 6.29. The van der Waals surface area contributed by atoms with Gasteiger partial charge in [0.2, 0.25) is 0 Å². The van der Waals surface area contributed by atoms with Gasteiger partial charge < -0.3 is 10.4 Å². The first kappa shape index (κ1) is 15.1. The molecular formula is C13H19BrN2O2. The van der Waals surface area contributed by atoms with Crippen LogP contribution < -0.4 is 5.32 Å². The highest BCUT2D eigenvalue weighted by Gasteiger charge is 2.23. The molecule has 0 fully saturated rings. The summed E-state index contributed by atoms with van der Waals surface area (Å²) in [6.45, 7) is 6.03. The van der Waals surface area contributed by atoms with Crippen molar-refractivity contribution in [1.82, 2.24) is 10.3 Å². The van der Waals surface area contributed by atoms with E-state index >= 15 is 0 Å². The summed E-state index contributed by atoms with van der Waals surface area (Å²) in [7, 11) is 0. The van der Waals surface area contributed by atoms with Gasteiger partial charge in [0.25, 0.3) is 5.91 Å². The van der Waals surface area contributed by atoms with Crippen LogP contribution in [-0.4, -0.2) is 28.1 Å². The Morgan fingerprint density at radius 3 is 2.83 bits per heavy atom. The van der Waals surface area contributed by atoms with Crippen LogP contribution in [0, 0.1) is 5.92 Å². The molecule has 1 aromatic rings. The maximum absolute atomic E-state index is 11.9. The second-order valence-corrected chi connectivity index (χ2v) is 5.87. The van der Waals surface area contributed by atoms with Crippen molar-refractivity contribution in [2.24, 2.45) is 5.92 Å². The average Bonchev–Trinajstić information content (AvgIpc) is 2.25. The fourth-order valence-electron chi connectivity index (χ4n) is 1.87. The first-order chi connectivity index (χ1) is 8.32. The normalized spacial score (nSPS) is 14.3. The monoisotopic (exact) mass is 314 g/mol. The lowest BCUT2D eigenvalue weighted by Crippen LogP contribution is -2.41. The number of aliphatic hydroxyl groups is 1. The van der Waals surface area contributed by atoms with Crippen molar-refractivity contribution in [1.29, 1.82) is 0 Å². The molecule has 5 heteroatoms. The molecule has 1 rings (SSSR count). The number of pyridine rings is 1. The predicted molar refractivity (Wildman–Crippen MR) is 74.3 cm³/mol. The number of aromatic nitrogens is 1. The second-order valence-electron chi connectivity index (χ2n) is 5.12. The fraction of sp³-hybridized carbons (Fsp3) is 0.538. The van der Waals surface area contributed by atoms with Crippen molar-refractivity contribution < 1.29 is 9.90 Å². The zero-order chi connectivity index (χ0) is 13.8. The Morgan fingerprint density at radius 2 is 2.28 bits per heavy atom. The molecule has 0 bridgehead atoms. The van der Waals surface area contributed by atoms with Crippen LogP contribution in [0.4, 0.5) is 0 Å². The standard InChI is InChI=1S/C13H19BrN2O2/c1-9(2)7-13(3,18)8-16-12(17)10-5-4-6-15-11(10)14/h4-6,9,18H,7-8H2,1-3H3,(H,16,17). The highest BCUT2D eigenvalue weighted by molar-refractivity contribution is 9.10. The van der Waals surface area contributed by atoms with Crippen LogP contribution in [0.15, 0.2) is 22.9 Å². The first-order valence-electron chi connectivity index (χ1n) is 5.93. The van der Waals surface area contributed by atoms with Gasteiger partial charge in [0.05, 0.1) is 11.2 Å². The first-order valence-corrected chi connectivity index (χ1v) is 6.72. The van der Waals surface area contributed by atoms with E-state index in [2.05, 4.69) is 26.2 Å². The van der Waals surface area contributed by atoms with E-state index in [-0.39, 0.29) is 12.5 Å². The predicted octanol–water partition coefficient (Wildman–Crippen LogP) is 2.37. The summed E-state index contributed by atoms with van der Waals surface area (Å²) in [6.07, 6.45) is 2.25. The maximum Gasteiger partial charge on any atom is 0.254 e. The van der Waals surface area contributed by atoms with Gasteiger partial charge in [-0.05, 0) is 47.3 Å². The van der Waals surface area contributed by atoms with E-state index in [0.29, 0.717) is 22.5 Å². The van der Waals surface area contributed by atoms with Crippen molar-refractivity contribution in [3.05, 3.63) is 28.5 Å². The zero-order valence-corrected chi connectivity index (χ0v) is 12.5. The SMILES string of the molecule is CC(C)CC(C)(O)CNC(=O)c1cccnc1Br. The van der Waals surface area contributed by atoms with Crippen LogP contribution >= 0.6 is 15.9 Å². The number of hydrogen-bond donors (Lipinski definition) is 2. The Hall–Kier alpha value is -0.940. The molecule has 0 saturated carbocycles. The minimum absolute atomic E-state index is 0.228. The summed E-state index contributed by atoms with van der Waals surface area (Å²) in [5.74, 6) is 0.140. The molecule has 0 aliphatic carbocycles. The number of carbonyl (C=O) groups excluding carboxylic acids is 1. The highest BCUT2D eigenvalue weighted by Crippen LogP contribution is 2.16. The summed E-state index contributed by atoms with van der Waals surface area (Å²) in [6, 6.07) is 3.38. The Bertz CT molecular complexity index is 419. The van der Waals surface area contributed by atoms with Gasteiger partial charge in [-0.25, -0.2) is 4.98 Å². The Morgan fingerprint density at radius 1 is 1.61 bits per heavy atom. The topological polar surface area (TPSA) is 62.2 Å². The van der Waals surface area contributed by atoms with E-state index in [1.54, 1.807) is 25.3 Å². The summed E-state index contributed by atoms with van der Waals surface area (Å²) in [5, 5.41) is 12.8. The van der Waals surface area contributed by atoms with E-state index in [0.717, 1.165) is 0 Å². The summed E-state index contributed by atoms with van der Waals surface area (Å²) >= 11 is 3.22. The molecule has 1 atom stereocenters. The molecule has 0 aliphatic heterocycles. The molecule has 18 heavy (non-hydrogen) atoms. The van der Waals surface area contributed by atoms with Gasteiger partial charge in [0.15, 0.2) is 0 Å². The van der Waals surface area contributed by atoms with E-state index in [9.17, 15) is 9.90 Å². The number of hydrogen-bond acceptors (Lipinski definition) is 3. The minimum Gasteiger partial charge on any atom is -0.388 e. The van der Waals surface area contributed by atoms with Crippen LogP contribution in [0.3, 0.4) is 0 Å². The molecule has 1 heterocycles. The van der Waals surface area contributed by atoms with Gasteiger partial charge in [-0.1, -0.05) is 13.8 Å². The van der Waals surface area contributed by atoms with Crippen molar-refractivity contribution in [2.75, 3.05) is 6.54 Å². The third-order valence-corrected chi connectivity index (χ3v) is 3.11. The number of amides is 1. The van der Waals surface area contributed by atoms with E-state index < -0.39 is 5.60 Å². The van der Waals surface area contributed by atoms with Crippen molar-refractivity contribution >= 4 is 21.8 Å². The molecule has 4 nitrogen and oxygen atoms in total. The van der Waals surface area contributed by atoms with Crippen LogP contribution in [0.25, 0.3) is 0 Å². The molecule has 0 saturated heterocycles. The number of rotatable bonds is 5. The third-order valence-electron chi connectivity index (χ3n) is 2.48. The molecule has 1 unspecified atom stereocenters. The number of carbonyl (C=O) groups is 1. The molecule has 1 amide bonds. The number of nitrogens with zero attached hydrogens (tertiary/aromatic N) is 1. The maximum atomic E-state index is 11.9. The molecular weight excluding hydrogens is 296 g/mol. The Balaban J connectivity index is 2.59. The van der Waals surface area contributed by atoms with Crippen LogP contribution in [0.5, 0.6) is 0 Å². The molecule has 2 N–H and O–H groups in total. The molecule has 0 aliphatic rings. The van der Waals surface area contributed by atoms with Gasteiger partial charge in [0, 0.05) is 12.7 Å². The number of halogens is 1. The van der Waals surface area contributed by atoms with E-state index in [1.165, 1.54) is 0 Å². The Labute approximate surface area is 116 Å². The zero-order valence-electron chi connectivity index (χ0n) is 10.9. The van der Waals surface area contributed by atoms with Crippen LogP contribution in [-0.2, 0) is 0 Å². The largest absolute Gasteiger partial charge is 0.388 e. The lowest BCUT2D eigenvalue weighted by molar-refractivity contribution is 0.0368. The quantitative estimate of drug-likeness (QED) is 0.820. The highest BCUT2D eigenvalue weighted by atomic mass is 79.9. The summed E-state index contributed by atoms with van der Waals surface area (Å²) in [5.41, 5.74) is -0.420. The van der Waals surface area contributed by atoms with Gasteiger partial charge >= 0.3 is 0 Å². The van der Waals surface area contributed by atoms with Gasteiger partial charge in [-0.15, -0.1) is 0 Å². The average molecular weight is 315 g/mol. The molecule has 0 radical (unpaired) electrons. The lowest BCUT2D eigenvalue weighted by atomic mass is 9.94. The summed E-state index contributed by atoms with van der Waals surface area (Å²) < 4.78 is 0.506. The molecule has 0 spiro atoms. The van der Waals surface area contributed by atoms with E-state index in [1.807, 2.05) is 13.8 Å². The minimum atomic E-state index is -0.890. The van der Waals surface area contributed by atoms with Crippen molar-refractivity contribution in [3.8, 4) is 0 Å². The van der Waals surface area contributed by atoms with Gasteiger partial charge in [0.1, 0.15) is 4.60 Å². The number of nitrogens with one attached hydrogen (secondary N) is 1. The molecule has 100 valence electrons. The van der Waals surface area contributed by atoms with Gasteiger partial charge in [-0.2, -0.15) is 0 Å². The summed E-state index contributed by atoms with van der Waals surface area (Å²) in [4.78, 5) is 15.9. The molecule has 1 aromatic heterocycles. The molecule has 0 aromatic carbocycles. The van der Waals surface area contributed by atoms with Crippen molar-refractivity contribution in [2.45, 2.75) is 32.8 Å². The van der Waals surface area contributed by atoms with Crippen LogP contribution in [0.2, 0.25) is 0 Å². The lowest BCUT2D eigenvalue weighted by Gasteiger charge is -2.25. The fourth-order valence-corrected chi connectivity index (χ4v) is 2.30. The smallest absolute Gasteiger partial charge is 0.254 e. The van der Waals surface area contributed by atoms with E-state index in [4.69, 9.17) is 0 Å².